The van der Waals surface area contributed by atoms with Crippen molar-refractivity contribution in [2.45, 2.75) is 45.6 Å². The molecular formula is C27H33NO4S. The second kappa shape index (κ2) is 12.5. The van der Waals surface area contributed by atoms with Gasteiger partial charge in [0.25, 0.3) is 0 Å². The maximum absolute atomic E-state index is 12.1. The number of hydrogen-bond donors (Lipinski definition) is 1. The van der Waals surface area contributed by atoms with E-state index in [0.29, 0.717) is 26.2 Å². The van der Waals surface area contributed by atoms with E-state index in [2.05, 4.69) is 60.5 Å². The summed E-state index contributed by atoms with van der Waals surface area (Å²) in [7, 11) is 0. The number of aromatic nitrogens is 1. The Bertz CT molecular complexity index is 1010. The highest BCUT2D eigenvalue weighted by atomic mass is 32.1. The number of carbonyl (C=O) groups excluding carboxylic acids is 1. The van der Waals surface area contributed by atoms with Gasteiger partial charge >= 0.3 is 5.97 Å². The molecule has 0 saturated heterocycles. The normalized spacial score (nSPS) is 11.9. The van der Waals surface area contributed by atoms with Gasteiger partial charge in [0.05, 0.1) is 13.2 Å². The van der Waals surface area contributed by atoms with Crippen LogP contribution in [0.25, 0.3) is 11.3 Å². The van der Waals surface area contributed by atoms with Gasteiger partial charge in [-0.25, -0.2) is 4.79 Å². The summed E-state index contributed by atoms with van der Waals surface area (Å²) in [6.07, 6.45) is -0.107. The molecule has 0 bridgehead atoms. The quantitative estimate of drug-likeness (QED) is 0.283. The predicted octanol–water partition coefficient (Wildman–Crippen LogP) is 5.48. The van der Waals surface area contributed by atoms with Crippen molar-refractivity contribution in [2.75, 3.05) is 19.8 Å². The molecular weight excluding hydrogens is 434 g/mol. The highest BCUT2D eigenvalue weighted by Gasteiger charge is 2.20. The van der Waals surface area contributed by atoms with E-state index < -0.39 is 6.10 Å². The summed E-state index contributed by atoms with van der Waals surface area (Å²) >= 11 is 4.34. The Morgan fingerprint density at radius 1 is 0.939 bits per heavy atom. The molecule has 0 amide bonds. The third-order valence-electron chi connectivity index (χ3n) is 5.48. The molecule has 3 rings (SSSR count). The largest absolute Gasteiger partial charge is 0.492 e. The minimum atomic E-state index is -0.585. The number of hydrogen-bond acceptors (Lipinski definition) is 5. The van der Waals surface area contributed by atoms with Gasteiger partial charge in [-0.15, -0.1) is 0 Å². The fourth-order valence-corrected chi connectivity index (χ4v) is 3.95. The lowest BCUT2D eigenvalue weighted by Gasteiger charge is -2.16. The summed E-state index contributed by atoms with van der Waals surface area (Å²) in [5.41, 5.74) is 5.77. The summed E-state index contributed by atoms with van der Waals surface area (Å²) in [6.45, 7) is 7.89. The highest BCUT2D eigenvalue weighted by Crippen LogP contribution is 2.24. The van der Waals surface area contributed by atoms with Gasteiger partial charge in [0.15, 0.2) is 6.10 Å². The monoisotopic (exact) mass is 467 g/mol. The molecule has 1 atom stereocenters. The molecule has 6 heteroatoms. The third kappa shape index (κ3) is 6.89. The van der Waals surface area contributed by atoms with Gasteiger partial charge < -0.3 is 18.8 Å². The second-order valence-corrected chi connectivity index (χ2v) is 8.08. The lowest BCUT2D eigenvalue weighted by atomic mass is 10.1. The van der Waals surface area contributed by atoms with Crippen LogP contribution in [-0.2, 0) is 33.0 Å². The van der Waals surface area contributed by atoms with E-state index in [1.807, 2.05) is 31.2 Å². The zero-order valence-corrected chi connectivity index (χ0v) is 20.5. The average Bonchev–Trinajstić information content (AvgIpc) is 3.20. The number of carbonyl (C=O) groups is 1. The zero-order valence-electron chi connectivity index (χ0n) is 19.6. The molecule has 5 nitrogen and oxygen atoms in total. The van der Waals surface area contributed by atoms with Crippen molar-refractivity contribution in [3.05, 3.63) is 77.5 Å². The number of nitrogens with zero attached hydrogens (tertiary/aromatic N) is 1. The van der Waals surface area contributed by atoms with Gasteiger partial charge in [-0.2, -0.15) is 12.6 Å². The average molecular weight is 468 g/mol. The van der Waals surface area contributed by atoms with Crippen molar-refractivity contribution < 1.29 is 19.0 Å². The van der Waals surface area contributed by atoms with E-state index >= 15 is 0 Å². The van der Waals surface area contributed by atoms with Crippen LogP contribution in [0.2, 0.25) is 0 Å². The summed E-state index contributed by atoms with van der Waals surface area (Å²) in [4.78, 5) is 12.1. The highest BCUT2D eigenvalue weighted by molar-refractivity contribution is 7.79. The number of thiol groups is 1. The van der Waals surface area contributed by atoms with E-state index in [4.69, 9.17) is 14.2 Å². The first-order valence-corrected chi connectivity index (χ1v) is 12.0. The molecule has 1 unspecified atom stereocenters. The molecule has 0 N–H and O–H groups in total. The van der Waals surface area contributed by atoms with Crippen LogP contribution in [0.4, 0.5) is 0 Å². The number of ether oxygens (including phenoxy) is 3. The maximum atomic E-state index is 12.1. The van der Waals surface area contributed by atoms with Gasteiger partial charge in [0.1, 0.15) is 12.4 Å². The molecule has 0 radical (unpaired) electrons. The van der Waals surface area contributed by atoms with Crippen molar-refractivity contribution >= 4 is 18.6 Å². The first kappa shape index (κ1) is 24.9. The van der Waals surface area contributed by atoms with Crippen molar-refractivity contribution in [2.24, 2.45) is 0 Å². The summed E-state index contributed by atoms with van der Waals surface area (Å²) < 4.78 is 18.9. The van der Waals surface area contributed by atoms with Crippen LogP contribution in [0, 0.1) is 6.92 Å². The molecule has 0 aliphatic rings. The Hall–Kier alpha value is -2.70. The predicted molar refractivity (Wildman–Crippen MR) is 135 cm³/mol. The lowest BCUT2D eigenvalue weighted by molar-refractivity contribution is -0.156. The van der Waals surface area contributed by atoms with Gasteiger partial charge in [0, 0.05) is 30.2 Å². The van der Waals surface area contributed by atoms with E-state index in [1.165, 1.54) is 22.5 Å². The molecule has 0 aliphatic heterocycles. The summed E-state index contributed by atoms with van der Waals surface area (Å²) in [6, 6.07) is 20.6. The molecule has 1 aromatic heterocycles. The Labute approximate surface area is 202 Å². The van der Waals surface area contributed by atoms with Gasteiger partial charge in [-0.3, -0.25) is 0 Å². The molecule has 176 valence electrons. The molecule has 0 fully saturated rings. The molecule has 3 aromatic rings. The van der Waals surface area contributed by atoms with E-state index in [9.17, 15) is 4.79 Å². The zero-order chi connectivity index (χ0) is 23.6. The Balaban J connectivity index is 1.58. The van der Waals surface area contributed by atoms with Crippen LogP contribution in [0.15, 0.2) is 60.7 Å². The third-order valence-corrected chi connectivity index (χ3v) is 5.84. The van der Waals surface area contributed by atoms with Gasteiger partial charge in [0.2, 0.25) is 0 Å². The number of rotatable bonds is 12. The fourth-order valence-electron chi connectivity index (χ4n) is 3.74. The minimum Gasteiger partial charge on any atom is -0.492 e. The maximum Gasteiger partial charge on any atom is 0.335 e. The lowest BCUT2D eigenvalue weighted by Crippen LogP contribution is -2.28. The van der Waals surface area contributed by atoms with E-state index in [-0.39, 0.29) is 5.97 Å². The van der Waals surface area contributed by atoms with Gasteiger partial charge in [-0.1, -0.05) is 36.4 Å². The SMILES string of the molecule is CCOC(=O)C(Cc1ccc(OCCn2c(C)ccc2-c2ccc(CS)cc2)cc1)OCC. The number of benzene rings is 2. The van der Waals surface area contributed by atoms with E-state index in [1.54, 1.807) is 6.92 Å². The van der Waals surface area contributed by atoms with Crippen LogP contribution in [0.3, 0.4) is 0 Å². The smallest absolute Gasteiger partial charge is 0.335 e. The first-order valence-electron chi connectivity index (χ1n) is 11.4. The first-order chi connectivity index (χ1) is 16.0. The topological polar surface area (TPSA) is 49.7 Å². The minimum absolute atomic E-state index is 0.321. The van der Waals surface area contributed by atoms with Crippen molar-refractivity contribution in [1.82, 2.24) is 4.57 Å². The van der Waals surface area contributed by atoms with Crippen LogP contribution >= 0.6 is 12.6 Å². The summed E-state index contributed by atoms with van der Waals surface area (Å²) in [5.74, 6) is 1.22. The molecule has 33 heavy (non-hydrogen) atoms. The molecule has 2 aromatic carbocycles. The summed E-state index contributed by atoms with van der Waals surface area (Å²) in [5, 5.41) is 0. The van der Waals surface area contributed by atoms with Crippen LogP contribution in [0.1, 0.15) is 30.7 Å². The molecule has 0 aliphatic carbocycles. The number of aryl methyl sites for hydroxylation is 1. The van der Waals surface area contributed by atoms with Crippen LogP contribution < -0.4 is 4.74 Å². The molecule has 0 spiro atoms. The fraction of sp³-hybridized carbons (Fsp3) is 0.370. The van der Waals surface area contributed by atoms with Crippen molar-refractivity contribution in [3.8, 4) is 17.0 Å². The Morgan fingerprint density at radius 3 is 2.27 bits per heavy atom. The molecule has 0 saturated carbocycles. The Morgan fingerprint density at radius 2 is 1.64 bits per heavy atom. The van der Waals surface area contributed by atoms with Crippen LogP contribution in [0.5, 0.6) is 5.75 Å². The standard InChI is InChI=1S/C27H33NO4S/c1-4-30-26(27(29)31-5-2)18-21-9-13-24(14-10-21)32-17-16-28-20(3)6-15-25(28)23-11-7-22(19-33)8-12-23/h6-15,26,33H,4-5,16-19H2,1-3H3. The Kier molecular flexibility index (Phi) is 9.46. The van der Waals surface area contributed by atoms with E-state index in [0.717, 1.165) is 23.6 Å². The van der Waals surface area contributed by atoms with Crippen LogP contribution in [-0.4, -0.2) is 36.5 Å². The van der Waals surface area contributed by atoms with Crippen molar-refractivity contribution in [3.63, 3.8) is 0 Å². The number of esters is 1. The second-order valence-electron chi connectivity index (χ2n) is 7.76. The molecule has 1 heterocycles. The van der Waals surface area contributed by atoms with Crippen molar-refractivity contribution in [1.29, 1.82) is 0 Å². The van der Waals surface area contributed by atoms with Gasteiger partial charge in [-0.05, 0) is 61.7 Å².